The van der Waals surface area contributed by atoms with Gasteiger partial charge in [0.1, 0.15) is 6.04 Å². The zero-order valence-corrected chi connectivity index (χ0v) is 12.7. The number of amides is 2. The first kappa shape index (κ1) is 14.0. The zero-order chi connectivity index (χ0) is 16.0. The number of hydrogen-bond acceptors (Lipinski definition) is 2. The number of rotatable bonds is 3. The summed E-state index contributed by atoms with van der Waals surface area (Å²) in [7, 11) is 0. The van der Waals surface area contributed by atoms with Crippen LogP contribution in [0.5, 0.6) is 0 Å². The predicted molar refractivity (Wildman–Crippen MR) is 87.5 cm³/mol. The van der Waals surface area contributed by atoms with Crippen LogP contribution in [0.2, 0.25) is 0 Å². The number of carbonyl (C=O) groups excluding carboxylic acids is 2. The van der Waals surface area contributed by atoms with Crippen LogP contribution in [0.3, 0.4) is 0 Å². The summed E-state index contributed by atoms with van der Waals surface area (Å²) in [6, 6.07) is 16.9. The Hall–Kier alpha value is -2.62. The molecule has 1 saturated carbocycles. The van der Waals surface area contributed by atoms with Crippen molar-refractivity contribution >= 4 is 11.8 Å². The summed E-state index contributed by atoms with van der Waals surface area (Å²) in [6.45, 7) is 0.639. The van der Waals surface area contributed by atoms with E-state index in [2.05, 4.69) is 0 Å². The molecule has 1 aliphatic carbocycles. The minimum absolute atomic E-state index is 0.0968. The van der Waals surface area contributed by atoms with E-state index in [9.17, 15) is 9.59 Å². The van der Waals surface area contributed by atoms with Crippen LogP contribution in [-0.4, -0.2) is 29.3 Å². The molecule has 2 aromatic carbocycles. The fourth-order valence-electron chi connectivity index (χ4n) is 3.73. The van der Waals surface area contributed by atoms with Gasteiger partial charge < -0.3 is 10.6 Å². The molecule has 2 aromatic rings. The Kier molecular flexibility index (Phi) is 3.18. The highest BCUT2D eigenvalue weighted by molar-refractivity contribution is 6.03. The molecule has 0 aromatic heterocycles. The van der Waals surface area contributed by atoms with Crippen LogP contribution >= 0.6 is 0 Å². The molecule has 1 aliphatic heterocycles. The lowest BCUT2D eigenvalue weighted by Gasteiger charge is -2.26. The highest BCUT2D eigenvalue weighted by Gasteiger charge is 2.56. The molecule has 2 N–H and O–H groups in total. The average Bonchev–Trinajstić information content (AvgIpc) is 3.24. The number of primary amides is 1. The molecule has 1 saturated heterocycles. The van der Waals surface area contributed by atoms with Crippen LogP contribution < -0.4 is 5.73 Å². The molecule has 4 nitrogen and oxygen atoms in total. The van der Waals surface area contributed by atoms with E-state index in [4.69, 9.17) is 5.73 Å². The minimum Gasteiger partial charge on any atom is -0.368 e. The van der Waals surface area contributed by atoms with Crippen LogP contribution in [-0.2, 0) is 4.79 Å². The average molecular weight is 306 g/mol. The summed E-state index contributed by atoms with van der Waals surface area (Å²) in [5.41, 5.74) is 8.06. The van der Waals surface area contributed by atoms with Crippen LogP contribution in [0.25, 0.3) is 11.1 Å². The van der Waals surface area contributed by atoms with Gasteiger partial charge in [-0.1, -0.05) is 48.5 Å². The van der Waals surface area contributed by atoms with Crippen molar-refractivity contribution in [2.45, 2.75) is 12.5 Å². The van der Waals surface area contributed by atoms with Crippen molar-refractivity contribution in [1.29, 1.82) is 0 Å². The number of hydrogen-bond donors (Lipinski definition) is 1. The van der Waals surface area contributed by atoms with Gasteiger partial charge in [-0.3, -0.25) is 9.59 Å². The first-order chi connectivity index (χ1) is 11.2. The molecule has 0 bridgehead atoms. The number of nitrogens with zero attached hydrogens (tertiary/aromatic N) is 1. The lowest BCUT2D eigenvalue weighted by Crippen LogP contribution is -2.46. The maximum Gasteiger partial charge on any atom is 0.255 e. The normalized spacial score (nSPS) is 25.0. The van der Waals surface area contributed by atoms with Crippen LogP contribution in [0.4, 0.5) is 0 Å². The number of fused-ring (bicyclic) bond motifs is 1. The van der Waals surface area contributed by atoms with Crippen molar-refractivity contribution in [2.75, 3.05) is 6.54 Å². The van der Waals surface area contributed by atoms with Gasteiger partial charge >= 0.3 is 0 Å². The van der Waals surface area contributed by atoms with Gasteiger partial charge in [-0.15, -0.1) is 0 Å². The Bertz CT molecular complexity index is 772. The van der Waals surface area contributed by atoms with Gasteiger partial charge in [0, 0.05) is 12.1 Å². The highest BCUT2D eigenvalue weighted by atomic mass is 16.2. The van der Waals surface area contributed by atoms with E-state index in [0.717, 1.165) is 17.5 Å². The van der Waals surface area contributed by atoms with Gasteiger partial charge in [-0.05, 0) is 35.4 Å². The molecule has 4 rings (SSSR count). The summed E-state index contributed by atoms with van der Waals surface area (Å²) >= 11 is 0. The van der Waals surface area contributed by atoms with Crippen LogP contribution in [0.1, 0.15) is 16.8 Å². The topological polar surface area (TPSA) is 63.4 Å². The number of carbonyl (C=O) groups is 2. The molecule has 1 heterocycles. The van der Waals surface area contributed by atoms with E-state index in [1.807, 2.05) is 54.6 Å². The number of piperidine rings is 1. The molecule has 23 heavy (non-hydrogen) atoms. The molecular formula is C19H18N2O2. The smallest absolute Gasteiger partial charge is 0.255 e. The Morgan fingerprint density at radius 3 is 2.43 bits per heavy atom. The molecule has 2 fully saturated rings. The third kappa shape index (κ3) is 2.31. The largest absolute Gasteiger partial charge is 0.368 e. The monoisotopic (exact) mass is 306 g/mol. The van der Waals surface area contributed by atoms with E-state index in [1.165, 1.54) is 0 Å². The number of benzene rings is 2. The second-order valence-electron chi connectivity index (χ2n) is 6.38. The second-order valence-corrected chi connectivity index (χ2v) is 6.38. The lowest BCUT2D eigenvalue weighted by atomic mass is 9.98. The zero-order valence-electron chi connectivity index (χ0n) is 12.7. The van der Waals surface area contributed by atoms with Crippen molar-refractivity contribution in [3.63, 3.8) is 0 Å². The van der Waals surface area contributed by atoms with Gasteiger partial charge in [0.25, 0.3) is 5.91 Å². The fraction of sp³-hybridized carbons (Fsp3) is 0.263. The van der Waals surface area contributed by atoms with E-state index in [0.29, 0.717) is 18.0 Å². The third-order valence-electron chi connectivity index (χ3n) is 4.94. The molecule has 2 aliphatic rings. The predicted octanol–water partition coefficient (Wildman–Crippen LogP) is 2.30. The van der Waals surface area contributed by atoms with Crippen LogP contribution in [0, 0.1) is 11.8 Å². The van der Waals surface area contributed by atoms with Crippen molar-refractivity contribution in [2.24, 2.45) is 17.6 Å². The van der Waals surface area contributed by atoms with Crippen molar-refractivity contribution in [3.8, 4) is 11.1 Å². The fourth-order valence-corrected chi connectivity index (χ4v) is 3.73. The van der Waals surface area contributed by atoms with E-state index < -0.39 is 6.04 Å². The standard InChI is InChI=1S/C19H18N2O2/c20-18(22)17-16-10-13(16)11-21(17)19(23)15-9-5-4-8-14(15)12-6-2-1-3-7-12/h1-9,13,16-17H,10-11H2,(H2,20,22)/t13-,16-,17+/m1/s1. The highest BCUT2D eigenvalue weighted by Crippen LogP contribution is 2.50. The van der Waals surface area contributed by atoms with Gasteiger partial charge in [-0.25, -0.2) is 0 Å². The Labute approximate surface area is 134 Å². The molecule has 0 spiro atoms. The molecule has 116 valence electrons. The molecular weight excluding hydrogens is 288 g/mol. The summed E-state index contributed by atoms with van der Waals surface area (Å²) in [4.78, 5) is 26.5. The number of likely N-dealkylation sites (tertiary alicyclic amines) is 1. The molecule has 4 heteroatoms. The van der Waals surface area contributed by atoms with Gasteiger partial charge in [0.05, 0.1) is 0 Å². The number of nitrogens with two attached hydrogens (primary N) is 1. The van der Waals surface area contributed by atoms with Crippen molar-refractivity contribution < 1.29 is 9.59 Å². The first-order valence-corrected chi connectivity index (χ1v) is 7.91. The van der Waals surface area contributed by atoms with Crippen LogP contribution in [0.15, 0.2) is 54.6 Å². The Morgan fingerprint density at radius 1 is 1.00 bits per heavy atom. The molecule has 0 unspecified atom stereocenters. The molecule has 3 atom stereocenters. The van der Waals surface area contributed by atoms with E-state index in [-0.39, 0.29) is 17.7 Å². The Balaban J connectivity index is 1.71. The third-order valence-corrected chi connectivity index (χ3v) is 4.94. The summed E-state index contributed by atoms with van der Waals surface area (Å²) < 4.78 is 0. The quantitative estimate of drug-likeness (QED) is 0.945. The first-order valence-electron chi connectivity index (χ1n) is 7.91. The minimum atomic E-state index is -0.448. The van der Waals surface area contributed by atoms with Gasteiger partial charge in [0.2, 0.25) is 5.91 Å². The van der Waals surface area contributed by atoms with Gasteiger partial charge in [0.15, 0.2) is 0 Å². The van der Waals surface area contributed by atoms with E-state index in [1.54, 1.807) is 4.90 Å². The van der Waals surface area contributed by atoms with Crippen molar-refractivity contribution in [1.82, 2.24) is 4.90 Å². The maximum absolute atomic E-state index is 13.0. The lowest BCUT2D eigenvalue weighted by molar-refractivity contribution is -0.122. The second kappa shape index (κ2) is 5.23. The van der Waals surface area contributed by atoms with Gasteiger partial charge in [-0.2, -0.15) is 0 Å². The maximum atomic E-state index is 13.0. The summed E-state index contributed by atoms with van der Waals surface area (Å²) in [5.74, 6) is 0.224. The molecule has 0 radical (unpaired) electrons. The molecule has 2 amide bonds. The summed E-state index contributed by atoms with van der Waals surface area (Å²) in [6.07, 6.45) is 1.01. The van der Waals surface area contributed by atoms with Crippen molar-refractivity contribution in [3.05, 3.63) is 60.2 Å². The summed E-state index contributed by atoms with van der Waals surface area (Å²) in [5, 5.41) is 0. The SMILES string of the molecule is NC(=O)[C@@H]1[C@@H]2C[C@@H]2CN1C(=O)c1ccccc1-c1ccccc1. The van der Waals surface area contributed by atoms with E-state index >= 15 is 0 Å². The Morgan fingerprint density at radius 2 is 1.70 bits per heavy atom.